The topological polar surface area (TPSA) is 78.9 Å². The second kappa shape index (κ2) is 6.48. The quantitative estimate of drug-likeness (QED) is 0.677. The number of halogens is 2. The monoisotopic (exact) mass is 436 g/mol. The third kappa shape index (κ3) is 2.91. The molecule has 2 aromatic rings. The molecule has 0 aromatic heterocycles. The summed E-state index contributed by atoms with van der Waals surface area (Å²) in [7, 11) is 0. The third-order valence-corrected chi connectivity index (χ3v) is 5.33. The van der Waals surface area contributed by atoms with Gasteiger partial charge in [-0.2, -0.15) is 0 Å². The molecular weight excluding hydrogens is 424 g/mol. The standard InChI is InChI=1S/C18H14BrClN2O4/c19-9-1-3-11-15(7-9)26-14-5-2-10(20)8-13(14)22-16(23)6-4-12(17(11)22)21-18(24)25/h1-3,5,7-8,12,17,21H,4,6H2,(H,24,25)/t12-,17-/m0/s1. The number of ether oxygens (including phenoxy) is 1. The third-order valence-electron chi connectivity index (χ3n) is 4.60. The highest BCUT2D eigenvalue weighted by atomic mass is 79.9. The molecule has 0 radical (unpaired) electrons. The van der Waals surface area contributed by atoms with Crippen molar-refractivity contribution < 1.29 is 19.4 Å². The number of hydrogen-bond donors (Lipinski definition) is 2. The predicted octanol–water partition coefficient (Wildman–Crippen LogP) is 4.71. The molecule has 0 aliphatic carbocycles. The van der Waals surface area contributed by atoms with Gasteiger partial charge < -0.3 is 15.2 Å². The Labute approximate surface area is 162 Å². The fraction of sp³-hybridized carbons (Fsp3) is 0.222. The van der Waals surface area contributed by atoms with Crippen LogP contribution < -0.4 is 15.0 Å². The van der Waals surface area contributed by atoms with Crippen molar-refractivity contribution in [2.45, 2.75) is 24.9 Å². The number of carbonyl (C=O) groups is 2. The van der Waals surface area contributed by atoms with Gasteiger partial charge in [0.1, 0.15) is 5.75 Å². The first kappa shape index (κ1) is 17.2. The maximum Gasteiger partial charge on any atom is 0.404 e. The number of benzene rings is 2. The molecule has 4 rings (SSSR count). The number of fused-ring (bicyclic) bond motifs is 5. The molecule has 2 amide bonds. The zero-order valence-corrected chi connectivity index (χ0v) is 15.8. The van der Waals surface area contributed by atoms with Crippen LogP contribution in [0.1, 0.15) is 24.4 Å². The first-order valence-electron chi connectivity index (χ1n) is 8.02. The van der Waals surface area contributed by atoms with Crippen LogP contribution in [0, 0.1) is 0 Å². The van der Waals surface area contributed by atoms with Crippen LogP contribution in [-0.4, -0.2) is 23.1 Å². The van der Waals surface area contributed by atoms with E-state index in [1.807, 2.05) is 18.2 Å². The normalized spacial score (nSPS) is 21.0. The number of amides is 2. The Morgan fingerprint density at radius 2 is 2.08 bits per heavy atom. The minimum atomic E-state index is -1.13. The van der Waals surface area contributed by atoms with Gasteiger partial charge in [0.05, 0.1) is 17.8 Å². The molecule has 2 aliphatic heterocycles. The van der Waals surface area contributed by atoms with E-state index < -0.39 is 18.2 Å². The summed E-state index contributed by atoms with van der Waals surface area (Å²) in [6.07, 6.45) is -0.476. The van der Waals surface area contributed by atoms with Gasteiger partial charge in [-0.3, -0.25) is 9.69 Å². The number of piperidine rings is 1. The van der Waals surface area contributed by atoms with E-state index in [2.05, 4.69) is 21.2 Å². The molecule has 0 spiro atoms. The van der Waals surface area contributed by atoms with E-state index in [0.29, 0.717) is 28.6 Å². The maximum absolute atomic E-state index is 12.8. The number of carboxylic acid groups (broad SMARTS) is 1. The molecule has 0 unspecified atom stereocenters. The fourth-order valence-electron chi connectivity index (χ4n) is 3.57. The minimum Gasteiger partial charge on any atom is -0.465 e. The molecule has 2 aliphatic rings. The molecule has 1 saturated heterocycles. The molecule has 134 valence electrons. The van der Waals surface area contributed by atoms with E-state index in [1.54, 1.807) is 23.1 Å². The summed E-state index contributed by atoms with van der Waals surface area (Å²) in [4.78, 5) is 25.7. The molecule has 2 N–H and O–H groups in total. The number of carbonyl (C=O) groups excluding carboxylic acids is 1. The predicted molar refractivity (Wildman–Crippen MR) is 100 cm³/mol. The number of rotatable bonds is 1. The Morgan fingerprint density at radius 3 is 2.85 bits per heavy atom. The number of nitrogens with zero attached hydrogens (tertiary/aromatic N) is 1. The number of nitrogens with one attached hydrogen (secondary N) is 1. The maximum atomic E-state index is 12.8. The van der Waals surface area contributed by atoms with Gasteiger partial charge in [0.2, 0.25) is 5.91 Å². The van der Waals surface area contributed by atoms with E-state index in [-0.39, 0.29) is 12.3 Å². The highest BCUT2D eigenvalue weighted by molar-refractivity contribution is 9.10. The van der Waals surface area contributed by atoms with Gasteiger partial charge in [0, 0.05) is 21.5 Å². The minimum absolute atomic E-state index is 0.0960. The van der Waals surface area contributed by atoms with Crippen molar-refractivity contribution in [3.05, 3.63) is 51.5 Å². The Balaban J connectivity index is 1.95. The second-order valence-electron chi connectivity index (χ2n) is 6.20. The fourth-order valence-corrected chi connectivity index (χ4v) is 4.07. The number of hydrogen-bond acceptors (Lipinski definition) is 3. The van der Waals surface area contributed by atoms with E-state index >= 15 is 0 Å². The Kier molecular flexibility index (Phi) is 4.28. The van der Waals surface area contributed by atoms with Crippen LogP contribution >= 0.6 is 27.5 Å². The van der Waals surface area contributed by atoms with Crippen LogP contribution in [0.5, 0.6) is 11.5 Å². The highest BCUT2D eigenvalue weighted by Gasteiger charge is 2.42. The Morgan fingerprint density at radius 1 is 1.27 bits per heavy atom. The summed E-state index contributed by atoms with van der Waals surface area (Å²) in [6.45, 7) is 0. The lowest BCUT2D eigenvalue weighted by Crippen LogP contribution is -2.52. The molecule has 6 nitrogen and oxygen atoms in total. The van der Waals surface area contributed by atoms with Gasteiger partial charge in [0.25, 0.3) is 0 Å². The number of anilines is 1. The smallest absolute Gasteiger partial charge is 0.404 e. The Hall–Kier alpha value is -2.25. The first-order chi connectivity index (χ1) is 12.4. The molecule has 2 heterocycles. The molecule has 8 heteroatoms. The van der Waals surface area contributed by atoms with Gasteiger partial charge in [-0.15, -0.1) is 0 Å². The van der Waals surface area contributed by atoms with Gasteiger partial charge in [0.15, 0.2) is 5.75 Å². The molecule has 2 aromatic carbocycles. The van der Waals surface area contributed by atoms with Crippen molar-refractivity contribution >= 4 is 45.2 Å². The average Bonchev–Trinajstić information content (AvgIpc) is 2.71. The summed E-state index contributed by atoms with van der Waals surface area (Å²) in [6, 6.07) is 9.61. The molecule has 2 atom stereocenters. The van der Waals surface area contributed by atoms with E-state index in [4.69, 9.17) is 16.3 Å². The van der Waals surface area contributed by atoms with Gasteiger partial charge in [-0.05, 0) is 36.8 Å². The average molecular weight is 438 g/mol. The van der Waals surface area contributed by atoms with Crippen molar-refractivity contribution in [1.29, 1.82) is 0 Å². The SMILES string of the molecule is O=C(O)N[C@H]1CCC(=O)N2c3cc(Cl)ccc3Oc3cc(Br)ccc3[C@@H]12. The second-order valence-corrected chi connectivity index (χ2v) is 7.55. The molecule has 1 fully saturated rings. The van der Waals surface area contributed by atoms with Gasteiger partial charge in [-0.1, -0.05) is 33.6 Å². The van der Waals surface area contributed by atoms with Crippen LogP contribution in [-0.2, 0) is 4.79 Å². The van der Waals surface area contributed by atoms with Gasteiger partial charge in [-0.25, -0.2) is 4.79 Å². The van der Waals surface area contributed by atoms with Crippen molar-refractivity contribution in [1.82, 2.24) is 5.32 Å². The molecule has 0 saturated carbocycles. The summed E-state index contributed by atoms with van der Waals surface area (Å²) >= 11 is 9.59. The van der Waals surface area contributed by atoms with Crippen LogP contribution in [0.3, 0.4) is 0 Å². The lowest BCUT2D eigenvalue weighted by Gasteiger charge is -2.40. The zero-order chi connectivity index (χ0) is 18.4. The van der Waals surface area contributed by atoms with Crippen molar-refractivity contribution in [2.75, 3.05) is 4.90 Å². The van der Waals surface area contributed by atoms with Crippen LogP contribution in [0.4, 0.5) is 10.5 Å². The van der Waals surface area contributed by atoms with E-state index in [0.717, 1.165) is 10.0 Å². The van der Waals surface area contributed by atoms with Crippen molar-refractivity contribution in [3.8, 4) is 11.5 Å². The van der Waals surface area contributed by atoms with E-state index in [9.17, 15) is 14.7 Å². The lowest BCUT2D eigenvalue weighted by molar-refractivity contribution is -0.120. The summed E-state index contributed by atoms with van der Waals surface area (Å²) in [5.41, 5.74) is 1.28. The summed E-state index contributed by atoms with van der Waals surface area (Å²) in [5, 5.41) is 12.3. The lowest BCUT2D eigenvalue weighted by atomic mass is 9.89. The first-order valence-corrected chi connectivity index (χ1v) is 9.19. The molecule has 26 heavy (non-hydrogen) atoms. The zero-order valence-electron chi connectivity index (χ0n) is 13.4. The summed E-state index contributed by atoms with van der Waals surface area (Å²) in [5.74, 6) is 0.976. The van der Waals surface area contributed by atoms with Crippen LogP contribution in [0.25, 0.3) is 0 Å². The summed E-state index contributed by atoms with van der Waals surface area (Å²) < 4.78 is 6.90. The van der Waals surface area contributed by atoms with Crippen molar-refractivity contribution in [2.24, 2.45) is 0 Å². The van der Waals surface area contributed by atoms with Crippen LogP contribution in [0.2, 0.25) is 5.02 Å². The van der Waals surface area contributed by atoms with Gasteiger partial charge >= 0.3 is 6.09 Å². The van der Waals surface area contributed by atoms with Crippen molar-refractivity contribution in [3.63, 3.8) is 0 Å². The largest absolute Gasteiger partial charge is 0.465 e. The Bertz CT molecular complexity index is 920. The molecular formula is C18H14BrClN2O4. The van der Waals surface area contributed by atoms with Crippen LogP contribution in [0.15, 0.2) is 40.9 Å². The van der Waals surface area contributed by atoms with E-state index in [1.165, 1.54) is 0 Å². The molecule has 0 bridgehead atoms. The highest BCUT2D eigenvalue weighted by Crippen LogP contribution is 2.49.